The summed E-state index contributed by atoms with van der Waals surface area (Å²) in [6.45, 7) is 9.31. The van der Waals surface area contributed by atoms with Crippen LogP contribution in [0.25, 0.3) is 0 Å². The number of hydrogen-bond acceptors (Lipinski definition) is 5. The molecule has 1 aromatic carbocycles. The second-order valence-electron chi connectivity index (χ2n) is 7.82. The molecule has 2 fully saturated rings. The summed E-state index contributed by atoms with van der Waals surface area (Å²) >= 11 is 0. The van der Waals surface area contributed by atoms with Crippen LogP contribution in [0.2, 0.25) is 0 Å². The molecular weight excluding hydrogens is 340 g/mol. The highest BCUT2D eigenvalue weighted by atomic mass is 16.2. The highest BCUT2D eigenvalue weighted by Crippen LogP contribution is 2.22. The van der Waals surface area contributed by atoms with E-state index in [1.54, 1.807) is 0 Å². The van der Waals surface area contributed by atoms with E-state index in [2.05, 4.69) is 56.2 Å². The van der Waals surface area contributed by atoms with Gasteiger partial charge in [0.2, 0.25) is 0 Å². The SMILES string of the molecule is CN(C)CCNC(=O)N1CCN(c2ccc(N3CCN(C)CC3)cc2)CC1. The molecular formula is C20H34N6O. The molecule has 2 heterocycles. The Morgan fingerprint density at radius 2 is 1.37 bits per heavy atom. The Balaban J connectivity index is 1.46. The Morgan fingerprint density at radius 3 is 1.85 bits per heavy atom. The molecule has 2 aliphatic heterocycles. The van der Waals surface area contributed by atoms with Crippen molar-refractivity contribution in [1.29, 1.82) is 0 Å². The molecule has 1 aromatic rings. The molecule has 0 aromatic heterocycles. The molecule has 1 N–H and O–H groups in total. The van der Waals surface area contributed by atoms with Crippen LogP contribution in [0, 0.1) is 0 Å². The van der Waals surface area contributed by atoms with Crippen molar-refractivity contribution in [3.05, 3.63) is 24.3 Å². The third kappa shape index (κ3) is 5.49. The Bertz CT molecular complexity index is 589. The summed E-state index contributed by atoms with van der Waals surface area (Å²) < 4.78 is 0. The quantitative estimate of drug-likeness (QED) is 0.827. The molecule has 27 heavy (non-hydrogen) atoms. The minimum Gasteiger partial charge on any atom is -0.369 e. The highest BCUT2D eigenvalue weighted by Gasteiger charge is 2.21. The molecule has 7 nitrogen and oxygen atoms in total. The van der Waals surface area contributed by atoms with Crippen LogP contribution >= 0.6 is 0 Å². The second-order valence-corrected chi connectivity index (χ2v) is 7.82. The molecule has 0 saturated carbocycles. The third-order valence-corrected chi connectivity index (χ3v) is 5.49. The Hall–Kier alpha value is -1.99. The zero-order valence-corrected chi connectivity index (χ0v) is 17.0. The summed E-state index contributed by atoms with van der Waals surface area (Å²) in [5, 5.41) is 3.00. The van der Waals surface area contributed by atoms with E-state index in [-0.39, 0.29) is 6.03 Å². The van der Waals surface area contributed by atoms with Crippen LogP contribution in [-0.4, -0.2) is 107 Å². The molecule has 7 heteroatoms. The van der Waals surface area contributed by atoms with Crippen molar-refractivity contribution in [3.63, 3.8) is 0 Å². The topological polar surface area (TPSA) is 45.3 Å². The number of benzene rings is 1. The molecule has 0 unspecified atom stereocenters. The second kappa shape index (κ2) is 9.28. The molecule has 3 rings (SSSR count). The summed E-state index contributed by atoms with van der Waals surface area (Å²) in [4.78, 5) is 23.4. The lowest BCUT2D eigenvalue weighted by Gasteiger charge is -2.37. The maximum absolute atomic E-state index is 12.2. The number of urea groups is 1. The van der Waals surface area contributed by atoms with Gasteiger partial charge in [0.15, 0.2) is 0 Å². The van der Waals surface area contributed by atoms with Crippen LogP contribution in [0.15, 0.2) is 24.3 Å². The first-order valence-electron chi connectivity index (χ1n) is 9.99. The normalized spacial score (nSPS) is 18.9. The molecule has 2 saturated heterocycles. The van der Waals surface area contributed by atoms with Gasteiger partial charge in [-0.15, -0.1) is 0 Å². The molecule has 0 spiro atoms. The summed E-state index contributed by atoms with van der Waals surface area (Å²) in [6.07, 6.45) is 0. The number of piperazine rings is 2. The zero-order chi connectivity index (χ0) is 19.2. The highest BCUT2D eigenvalue weighted by molar-refractivity contribution is 5.74. The van der Waals surface area contributed by atoms with E-state index in [0.717, 1.165) is 58.9 Å². The molecule has 0 atom stereocenters. The first kappa shape index (κ1) is 19.8. The fraction of sp³-hybridized carbons (Fsp3) is 0.650. The molecule has 150 valence electrons. The van der Waals surface area contributed by atoms with Crippen molar-refractivity contribution < 1.29 is 4.79 Å². The smallest absolute Gasteiger partial charge is 0.317 e. The molecule has 0 radical (unpaired) electrons. The van der Waals surface area contributed by atoms with Gasteiger partial charge in [-0.25, -0.2) is 4.79 Å². The van der Waals surface area contributed by atoms with Gasteiger partial charge in [-0.3, -0.25) is 0 Å². The van der Waals surface area contributed by atoms with Gasteiger partial charge in [0, 0.05) is 76.8 Å². The maximum atomic E-state index is 12.2. The summed E-state index contributed by atoms with van der Waals surface area (Å²) in [5.41, 5.74) is 2.56. The lowest BCUT2D eigenvalue weighted by atomic mass is 10.2. The summed E-state index contributed by atoms with van der Waals surface area (Å²) in [5.74, 6) is 0. The number of carbonyl (C=O) groups is 1. The predicted molar refractivity (Wildman–Crippen MR) is 112 cm³/mol. The van der Waals surface area contributed by atoms with E-state index in [4.69, 9.17) is 0 Å². The van der Waals surface area contributed by atoms with E-state index < -0.39 is 0 Å². The van der Waals surface area contributed by atoms with Gasteiger partial charge >= 0.3 is 6.03 Å². The first-order chi connectivity index (χ1) is 13.0. The van der Waals surface area contributed by atoms with Gasteiger partial charge in [-0.05, 0) is 45.4 Å². The lowest BCUT2D eigenvalue weighted by molar-refractivity contribution is 0.193. The van der Waals surface area contributed by atoms with Gasteiger partial charge in [-0.2, -0.15) is 0 Å². The standard InChI is InChI=1S/C20H34N6O/c1-22(2)9-8-21-20(27)26-16-14-25(15-17-26)19-6-4-18(5-7-19)24-12-10-23(3)11-13-24/h4-7H,8-17H2,1-3H3,(H,21,27). The van der Waals surface area contributed by atoms with Gasteiger partial charge in [0.25, 0.3) is 0 Å². The van der Waals surface area contributed by atoms with E-state index in [9.17, 15) is 4.79 Å². The van der Waals surface area contributed by atoms with E-state index in [1.165, 1.54) is 11.4 Å². The van der Waals surface area contributed by atoms with Crippen LogP contribution in [0.1, 0.15) is 0 Å². The molecule has 0 aliphatic carbocycles. The van der Waals surface area contributed by atoms with Crippen molar-refractivity contribution in [2.24, 2.45) is 0 Å². The molecule has 2 aliphatic rings. The van der Waals surface area contributed by atoms with Crippen molar-refractivity contribution in [2.45, 2.75) is 0 Å². The largest absolute Gasteiger partial charge is 0.369 e. The average Bonchev–Trinajstić information content (AvgIpc) is 2.68. The van der Waals surface area contributed by atoms with Crippen molar-refractivity contribution >= 4 is 17.4 Å². The van der Waals surface area contributed by atoms with Crippen molar-refractivity contribution in [2.75, 3.05) is 96.4 Å². The fourth-order valence-corrected chi connectivity index (χ4v) is 3.60. The van der Waals surface area contributed by atoms with Gasteiger partial charge in [0.1, 0.15) is 0 Å². The number of amides is 2. The minimum atomic E-state index is 0.0573. The van der Waals surface area contributed by atoms with Crippen LogP contribution in [0.3, 0.4) is 0 Å². The third-order valence-electron chi connectivity index (χ3n) is 5.49. The first-order valence-corrected chi connectivity index (χ1v) is 9.99. The van der Waals surface area contributed by atoms with Crippen LogP contribution in [0.5, 0.6) is 0 Å². The molecule has 2 amide bonds. The Labute approximate surface area is 163 Å². The summed E-state index contributed by atoms with van der Waals surface area (Å²) in [7, 11) is 6.21. The molecule has 0 bridgehead atoms. The number of rotatable bonds is 5. The van der Waals surface area contributed by atoms with Gasteiger partial charge in [-0.1, -0.05) is 0 Å². The van der Waals surface area contributed by atoms with Gasteiger partial charge < -0.3 is 29.8 Å². The van der Waals surface area contributed by atoms with E-state index in [0.29, 0.717) is 6.54 Å². The number of carbonyl (C=O) groups excluding carboxylic acids is 1. The summed E-state index contributed by atoms with van der Waals surface area (Å²) in [6, 6.07) is 8.98. The van der Waals surface area contributed by atoms with Crippen molar-refractivity contribution in [1.82, 2.24) is 20.0 Å². The Morgan fingerprint density at radius 1 is 0.889 bits per heavy atom. The monoisotopic (exact) mass is 374 g/mol. The average molecular weight is 375 g/mol. The van der Waals surface area contributed by atoms with Crippen LogP contribution < -0.4 is 15.1 Å². The predicted octanol–water partition coefficient (Wildman–Crippen LogP) is 0.832. The number of hydrogen-bond donors (Lipinski definition) is 1. The number of anilines is 2. The number of likely N-dealkylation sites (N-methyl/N-ethyl adjacent to an activating group) is 2. The van der Waals surface area contributed by atoms with E-state index >= 15 is 0 Å². The number of nitrogens with zero attached hydrogens (tertiary/aromatic N) is 5. The number of nitrogens with one attached hydrogen (secondary N) is 1. The lowest BCUT2D eigenvalue weighted by Crippen LogP contribution is -2.52. The van der Waals surface area contributed by atoms with Gasteiger partial charge in [0.05, 0.1) is 0 Å². The fourth-order valence-electron chi connectivity index (χ4n) is 3.60. The van der Waals surface area contributed by atoms with Crippen LogP contribution in [0.4, 0.5) is 16.2 Å². The van der Waals surface area contributed by atoms with Crippen LogP contribution in [-0.2, 0) is 0 Å². The van der Waals surface area contributed by atoms with E-state index in [1.807, 2.05) is 19.0 Å². The maximum Gasteiger partial charge on any atom is 0.317 e. The van der Waals surface area contributed by atoms with Crippen molar-refractivity contribution in [3.8, 4) is 0 Å². The minimum absolute atomic E-state index is 0.0573. The zero-order valence-electron chi connectivity index (χ0n) is 17.0. The Kier molecular flexibility index (Phi) is 6.79.